The normalized spacial score (nSPS) is 17.5. The number of hydrogen-bond donors (Lipinski definition) is 0. The van der Waals surface area contributed by atoms with E-state index in [-0.39, 0.29) is 17.6 Å². The van der Waals surface area contributed by atoms with Gasteiger partial charge in [0.1, 0.15) is 11.5 Å². The zero-order valence-corrected chi connectivity index (χ0v) is 16.1. The van der Waals surface area contributed by atoms with Gasteiger partial charge < -0.3 is 19.1 Å². The molecule has 0 amide bonds. The van der Waals surface area contributed by atoms with Gasteiger partial charge in [-0.2, -0.15) is 0 Å². The number of aliphatic imine (C=N–C) groups is 1. The molecule has 0 spiro atoms. The molecule has 6 nitrogen and oxygen atoms in total. The van der Waals surface area contributed by atoms with Crippen molar-refractivity contribution in [3.05, 3.63) is 18.2 Å². The summed E-state index contributed by atoms with van der Waals surface area (Å²) >= 11 is 0. The number of amidine groups is 1. The Morgan fingerprint density at radius 3 is 2.16 bits per heavy atom. The molecule has 138 valence electrons. The number of ether oxygens (including phenoxy) is 3. The molecule has 0 bridgehead atoms. The van der Waals surface area contributed by atoms with Crippen molar-refractivity contribution in [2.75, 3.05) is 25.7 Å². The van der Waals surface area contributed by atoms with Crippen LogP contribution in [0.3, 0.4) is 0 Å². The van der Waals surface area contributed by atoms with Gasteiger partial charge in [0.05, 0.1) is 32.1 Å². The molecule has 1 atom stereocenters. The Morgan fingerprint density at radius 1 is 1.16 bits per heavy atom. The Labute approximate surface area is 149 Å². The van der Waals surface area contributed by atoms with E-state index >= 15 is 0 Å². The van der Waals surface area contributed by atoms with Gasteiger partial charge in [0.2, 0.25) is 5.84 Å². The van der Waals surface area contributed by atoms with Crippen LogP contribution in [0.25, 0.3) is 0 Å². The number of rotatable bonds is 5. The van der Waals surface area contributed by atoms with Crippen molar-refractivity contribution in [1.29, 1.82) is 0 Å². The van der Waals surface area contributed by atoms with E-state index < -0.39 is 5.97 Å². The molecule has 0 aliphatic carbocycles. The molecule has 0 fully saturated rings. The van der Waals surface area contributed by atoms with Gasteiger partial charge in [-0.05, 0) is 19.3 Å². The monoisotopic (exact) mass is 348 g/mol. The molecule has 1 aromatic rings. The second-order valence-electron chi connectivity index (χ2n) is 7.47. The number of esters is 1. The molecular weight excluding hydrogens is 320 g/mol. The summed E-state index contributed by atoms with van der Waals surface area (Å²) in [6.07, 6.45) is -0.203. The molecule has 1 aromatic carbocycles. The van der Waals surface area contributed by atoms with Crippen molar-refractivity contribution in [3.8, 4) is 11.5 Å². The highest BCUT2D eigenvalue weighted by atomic mass is 16.5. The third-order valence-electron chi connectivity index (χ3n) is 4.06. The molecule has 0 unspecified atom stereocenters. The van der Waals surface area contributed by atoms with Crippen molar-refractivity contribution in [1.82, 2.24) is 0 Å². The van der Waals surface area contributed by atoms with Crippen LogP contribution in [0.2, 0.25) is 0 Å². The lowest BCUT2D eigenvalue weighted by Gasteiger charge is -2.26. The van der Waals surface area contributed by atoms with Crippen LogP contribution in [0.15, 0.2) is 23.2 Å². The highest BCUT2D eigenvalue weighted by Gasteiger charge is 2.38. The molecule has 1 heterocycles. The minimum absolute atomic E-state index is 0.0144. The zero-order chi connectivity index (χ0) is 18.8. The summed E-state index contributed by atoms with van der Waals surface area (Å²) in [6.45, 7) is 10.6. The van der Waals surface area contributed by atoms with E-state index in [1.807, 2.05) is 30.9 Å². The first-order chi connectivity index (χ1) is 11.7. The van der Waals surface area contributed by atoms with E-state index in [9.17, 15) is 4.79 Å². The molecule has 0 N–H and O–H groups in total. The van der Waals surface area contributed by atoms with Crippen molar-refractivity contribution in [3.63, 3.8) is 0 Å². The summed E-state index contributed by atoms with van der Waals surface area (Å²) in [7, 11) is 3.20. The van der Waals surface area contributed by atoms with E-state index in [0.717, 1.165) is 5.69 Å². The van der Waals surface area contributed by atoms with Crippen LogP contribution in [-0.2, 0) is 9.53 Å². The first-order valence-corrected chi connectivity index (χ1v) is 8.45. The van der Waals surface area contributed by atoms with Crippen molar-refractivity contribution >= 4 is 17.5 Å². The van der Waals surface area contributed by atoms with E-state index in [0.29, 0.717) is 23.9 Å². The fraction of sp³-hybridized carbons (Fsp3) is 0.579. The molecular formula is C19H28N2O4. The lowest BCUT2D eigenvalue weighted by atomic mass is 9.87. The molecule has 0 aromatic heterocycles. The Balaban J connectivity index is 2.44. The van der Waals surface area contributed by atoms with Crippen LogP contribution in [0.5, 0.6) is 11.5 Å². The summed E-state index contributed by atoms with van der Waals surface area (Å²) in [5.41, 5.74) is 0.726. The number of benzene rings is 1. The Morgan fingerprint density at radius 2 is 1.72 bits per heavy atom. The van der Waals surface area contributed by atoms with Gasteiger partial charge >= 0.3 is 5.97 Å². The lowest BCUT2D eigenvalue weighted by Crippen LogP contribution is -2.37. The van der Waals surface area contributed by atoms with Crippen LogP contribution in [0.4, 0.5) is 5.69 Å². The number of nitrogens with zero attached hydrogens (tertiary/aromatic N) is 2. The fourth-order valence-electron chi connectivity index (χ4n) is 2.59. The second-order valence-corrected chi connectivity index (χ2v) is 7.47. The standard InChI is InChI=1S/C19H28N2O4/c1-12(2)25-18(22)17-20-16(19(3,4)5)11-21(17)13-8-14(23-6)10-15(9-13)24-7/h8-10,12,16H,11H2,1-7H3/t16-/m1/s1. The molecule has 0 saturated heterocycles. The first kappa shape index (κ1) is 19.1. The number of hydrogen-bond acceptors (Lipinski definition) is 6. The predicted octanol–water partition coefficient (Wildman–Crippen LogP) is 3.29. The maximum atomic E-state index is 12.6. The van der Waals surface area contributed by atoms with Crippen LogP contribution in [0.1, 0.15) is 34.6 Å². The molecule has 25 heavy (non-hydrogen) atoms. The largest absolute Gasteiger partial charge is 0.497 e. The first-order valence-electron chi connectivity index (χ1n) is 8.45. The highest BCUT2D eigenvalue weighted by Crippen LogP contribution is 2.34. The molecule has 0 radical (unpaired) electrons. The van der Waals surface area contributed by atoms with Crippen LogP contribution in [0, 0.1) is 5.41 Å². The Hall–Kier alpha value is -2.24. The van der Waals surface area contributed by atoms with Gasteiger partial charge in [0, 0.05) is 24.7 Å². The average Bonchev–Trinajstić information content (AvgIpc) is 2.99. The smallest absolute Gasteiger partial charge is 0.374 e. The third kappa shape index (κ3) is 4.44. The highest BCUT2D eigenvalue weighted by molar-refractivity contribution is 6.41. The zero-order valence-electron chi connectivity index (χ0n) is 16.1. The van der Waals surface area contributed by atoms with E-state index in [1.54, 1.807) is 20.3 Å². The van der Waals surface area contributed by atoms with Crippen molar-refractivity contribution in [2.45, 2.75) is 46.8 Å². The maximum absolute atomic E-state index is 12.6. The Kier molecular flexibility index (Phi) is 5.60. The van der Waals surface area contributed by atoms with Gasteiger partial charge in [-0.1, -0.05) is 20.8 Å². The van der Waals surface area contributed by atoms with Crippen molar-refractivity contribution < 1.29 is 19.0 Å². The number of methoxy groups -OCH3 is 2. The van der Waals surface area contributed by atoms with Gasteiger partial charge in [-0.15, -0.1) is 0 Å². The number of carbonyl (C=O) groups excluding carboxylic acids is 1. The minimum Gasteiger partial charge on any atom is -0.497 e. The van der Waals surface area contributed by atoms with Gasteiger partial charge in [-0.3, -0.25) is 4.99 Å². The average molecular weight is 348 g/mol. The van der Waals surface area contributed by atoms with Gasteiger partial charge in [0.25, 0.3) is 0 Å². The molecule has 1 aliphatic rings. The summed E-state index contributed by atoms with van der Waals surface area (Å²) < 4.78 is 16.1. The van der Waals surface area contributed by atoms with Crippen LogP contribution < -0.4 is 14.4 Å². The maximum Gasteiger partial charge on any atom is 0.374 e. The fourth-order valence-corrected chi connectivity index (χ4v) is 2.59. The summed E-state index contributed by atoms with van der Waals surface area (Å²) in [5.74, 6) is 1.22. The second kappa shape index (κ2) is 7.33. The SMILES string of the molecule is COc1cc(OC)cc(N2C[C@H](C(C)(C)C)N=C2C(=O)OC(C)C)c1. The minimum atomic E-state index is -0.413. The predicted molar refractivity (Wildman–Crippen MR) is 98.8 cm³/mol. The van der Waals surface area contributed by atoms with Gasteiger partial charge in [-0.25, -0.2) is 4.79 Å². The van der Waals surface area contributed by atoms with E-state index in [2.05, 4.69) is 25.8 Å². The Bertz CT molecular complexity index is 640. The molecule has 0 saturated carbocycles. The van der Waals surface area contributed by atoms with E-state index in [4.69, 9.17) is 14.2 Å². The molecule has 6 heteroatoms. The lowest BCUT2D eigenvalue weighted by molar-refractivity contribution is -0.139. The van der Waals surface area contributed by atoms with Crippen LogP contribution in [-0.4, -0.2) is 44.7 Å². The summed E-state index contributed by atoms with van der Waals surface area (Å²) in [5, 5.41) is 0. The summed E-state index contributed by atoms with van der Waals surface area (Å²) in [6, 6.07) is 5.51. The number of anilines is 1. The summed E-state index contributed by atoms with van der Waals surface area (Å²) in [4.78, 5) is 19.1. The topological polar surface area (TPSA) is 60.4 Å². The molecule has 2 rings (SSSR count). The van der Waals surface area contributed by atoms with Crippen molar-refractivity contribution in [2.24, 2.45) is 10.4 Å². The molecule has 1 aliphatic heterocycles. The van der Waals surface area contributed by atoms with Gasteiger partial charge in [0.15, 0.2) is 0 Å². The number of carbonyl (C=O) groups is 1. The van der Waals surface area contributed by atoms with E-state index in [1.165, 1.54) is 0 Å². The van der Waals surface area contributed by atoms with Crippen LogP contribution >= 0.6 is 0 Å². The quantitative estimate of drug-likeness (QED) is 0.764. The third-order valence-corrected chi connectivity index (χ3v) is 4.06.